The monoisotopic (exact) mass is 339 g/mol. The van der Waals surface area contributed by atoms with Crippen LogP contribution in [-0.2, 0) is 0 Å². The van der Waals surface area contributed by atoms with Crippen LogP contribution in [0, 0.1) is 0 Å². The predicted octanol–water partition coefficient (Wildman–Crippen LogP) is 3.94. The van der Waals surface area contributed by atoms with Gasteiger partial charge in [0.2, 0.25) is 0 Å². The highest BCUT2D eigenvalue weighted by Gasteiger charge is 2.09. The molecule has 114 valence electrons. The van der Waals surface area contributed by atoms with Crippen molar-refractivity contribution in [3.05, 3.63) is 71.6 Å². The second kappa shape index (κ2) is 7.13. The van der Waals surface area contributed by atoms with Crippen molar-refractivity contribution < 1.29 is 4.79 Å². The Hall–Kier alpha value is -2.57. The number of amides is 1. The standard InChI is InChI=1S/C17H13N3OS2/c21-15(13-9-5-2-6-10-13)19-16(22)20-17-18-14(11-23-17)12-7-3-1-4-8-12/h1-11H,(H2,18,19,20,21,22). The number of hydrogen-bond acceptors (Lipinski definition) is 4. The Balaban J connectivity index is 1.63. The number of anilines is 1. The molecule has 0 saturated carbocycles. The zero-order valence-electron chi connectivity index (χ0n) is 12.0. The van der Waals surface area contributed by atoms with E-state index in [4.69, 9.17) is 12.2 Å². The van der Waals surface area contributed by atoms with E-state index in [1.807, 2.05) is 41.8 Å². The third-order valence-electron chi connectivity index (χ3n) is 3.06. The van der Waals surface area contributed by atoms with Crippen LogP contribution in [0.2, 0.25) is 0 Å². The summed E-state index contributed by atoms with van der Waals surface area (Å²) in [4.78, 5) is 16.5. The van der Waals surface area contributed by atoms with Gasteiger partial charge in [0.1, 0.15) is 0 Å². The highest BCUT2D eigenvalue weighted by molar-refractivity contribution is 7.80. The van der Waals surface area contributed by atoms with Crippen LogP contribution in [0.4, 0.5) is 5.13 Å². The lowest BCUT2D eigenvalue weighted by atomic mass is 10.2. The molecule has 3 aromatic rings. The van der Waals surface area contributed by atoms with Crippen molar-refractivity contribution in [2.45, 2.75) is 0 Å². The molecule has 0 aliphatic rings. The number of benzene rings is 2. The van der Waals surface area contributed by atoms with E-state index in [2.05, 4.69) is 15.6 Å². The van der Waals surface area contributed by atoms with Gasteiger partial charge in [-0.3, -0.25) is 10.1 Å². The molecule has 2 N–H and O–H groups in total. The number of hydrogen-bond donors (Lipinski definition) is 2. The molecule has 1 heterocycles. The van der Waals surface area contributed by atoms with Gasteiger partial charge >= 0.3 is 0 Å². The van der Waals surface area contributed by atoms with Crippen LogP contribution >= 0.6 is 23.6 Å². The molecule has 0 fully saturated rings. The van der Waals surface area contributed by atoms with Gasteiger partial charge < -0.3 is 5.32 Å². The normalized spacial score (nSPS) is 10.1. The first-order chi connectivity index (χ1) is 11.2. The van der Waals surface area contributed by atoms with Crippen molar-refractivity contribution in [2.24, 2.45) is 0 Å². The topological polar surface area (TPSA) is 54.0 Å². The average Bonchev–Trinajstić information content (AvgIpc) is 3.04. The van der Waals surface area contributed by atoms with Crippen molar-refractivity contribution in [1.29, 1.82) is 0 Å². The molecule has 3 rings (SSSR count). The Kier molecular flexibility index (Phi) is 4.75. The number of nitrogens with zero attached hydrogens (tertiary/aromatic N) is 1. The number of nitrogens with one attached hydrogen (secondary N) is 2. The van der Waals surface area contributed by atoms with Crippen LogP contribution in [0.15, 0.2) is 66.0 Å². The fraction of sp³-hybridized carbons (Fsp3) is 0. The Morgan fingerprint density at radius 2 is 1.65 bits per heavy atom. The molecule has 0 atom stereocenters. The third-order valence-corrected chi connectivity index (χ3v) is 4.02. The summed E-state index contributed by atoms with van der Waals surface area (Å²) < 4.78 is 0. The summed E-state index contributed by atoms with van der Waals surface area (Å²) in [6, 6.07) is 18.8. The SMILES string of the molecule is O=C(NC(=S)Nc1nc(-c2ccccc2)cs1)c1ccccc1. The molecule has 0 radical (unpaired) electrons. The van der Waals surface area contributed by atoms with E-state index in [1.54, 1.807) is 24.3 Å². The molecule has 0 bridgehead atoms. The van der Waals surface area contributed by atoms with E-state index in [1.165, 1.54) is 11.3 Å². The van der Waals surface area contributed by atoms with Gasteiger partial charge in [-0.25, -0.2) is 4.98 Å². The Labute approximate surface area is 143 Å². The number of carbonyl (C=O) groups excluding carboxylic acids is 1. The first-order valence-corrected chi connectivity index (χ1v) is 8.19. The van der Waals surface area contributed by atoms with Crippen LogP contribution in [0.3, 0.4) is 0 Å². The maximum atomic E-state index is 12.0. The van der Waals surface area contributed by atoms with Crippen molar-refractivity contribution in [3.63, 3.8) is 0 Å². The molecule has 4 nitrogen and oxygen atoms in total. The first kappa shape index (κ1) is 15.3. The summed E-state index contributed by atoms with van der Waals surface area (Å²) >= 11 is 6.60. The minimum atomic E-state index is -0.247. The van der Waals surface area contributed by atoms with Crippen LogP contribution in [0.5, 0.6) is 0 Å². The number of aromatic nitrogens is 1. The van der Waals surface area contributed by atoms with Crippen LogP contribution in [-0.4, -0.2) is 16.0 Å². The van der Waals surface area contributed by atoms with Gasteiger partial charge in [0.05, 0.1) is 5.69 Å². The lowest BCUT2D eigenvalue weighted by Gasteiger charge is -2.06. The minimum absolute atomic E-state index is 0.229. The second-order valence-corrected chi connectivity index (χ2v) is 5.94. The van der Waals surface area contributed by atoms with Gasteiger partial charge in [-0.15, -0.1) is 11.3 Å². The molecular formula is C17H13N3OS2. The average molecular weight is 339 g/mol. The summed E-state index contributed by atoms with van der Waals surface area (Å²) in [5, 5.41) is 8.40. The summed E-state index contributed by atoms with van der Waals surface area (Å²) in [7, 11) is 0. The maximum absolute atomic E-state index is 12.0. The van der Waals surface area contributed by atoms with Gasteiger partial charge in [0, 0.05) is 16.5 Å². The number of rotatable bonds is 3. The second-order valence-electron chi connectivity index (χ2n) is 4.68. The summed E-state index contributed by atoms with van der Waals surface area (Å²) in [5.74, 6) is -0.247. The van der Waals surface area contributed by atoms with E-state index in [9.17, 15) is 4.79 Å². The fourth-order valence-electron chi connectivity index (χ4n) is 1.97. The van der Waals surface area contributed by atoms with Crippen molar-refractivity contribution in [1.82, 2.24) is 10.3 Å². The highest BCUT2D eigenvalue weighted by atomic mass is 32.1. The maximum Gasteiger partial charge on any atom is 0.257 e. The molecule has 23 heavy (non-hydrogen) atoms. The van der Waals surface area contributed by atoms with E-state index >= 15 is 0 Å². The molecule has 2 aromatic carbocycles. The van der Waals surface area contributed by atoms with Gasteiger partial charge in [0.15, 0.2) is 10.2 Å². The highest BCUT2D eigenvalue weighted by Crippen LogP contribution is 2.24. The molecule has 0 aliphatic heterocycles. The van der Waals surface area contributed by atoms with E-state index in [0.29, 0.717) is 10.7 Å². The number of thiocarbonyl (C=S) groups is 1. The lowest BCUT2D eigenvalue weighted by molar-refractivity contribution is 0.0978. The molecule has 6 heteroatoms. The Morgan fingerprint density at radius 1 is 1.00 bits per heavy atom. The smallest absolute Gasteiger partial charge is 0.257 e. The van der Waals surface area contributed by atoms with Gasteiger partial charge in [0.25, 0.3) is 5.91 Å². The van der Waals surface area contributed by atoms with Crippen LogP contribution in [0.25, 0.3) is 11.3 Å². The predicted molar refractivity (Wildman–Crippen MR) is 97.7 cm³/mol. The van der Waals surface area contributed by atoms with E-state index in [0.717, 1.165) is 11.3 Å². The third kappa shape index (κ3) is 4.00. The molecule has 0 unspecified atom stereocenters. The van der Waals surface area contributed by atoms with Crippen molar-refractivity contribution in [2.75, 3.05) is 5.32 Å². The Bertz CT molecular complexity index is 816. The van der Waals surface area contributed by atoms with Gasteiger partial charge in [-0.05, 0) is 24.4 Å². The summed E-state index contributed by atoms with van der Waals surface area (Å²) in [6.45, 7) is 0. The number of carbonyl (C=O) groups is 1. The largest absolute Gasteiger partial charge is 0.308 e. The van der Waals surface area contributed by atoms with Crippen molar-refractivity contribution in [3.8, 4) is 11.3 Å². The Morgan fingerprint density at radius 3 is 2.35 bits per heavy atom. The lowest BCUT2D eigenvalue weighted by Crippen LogP contribution is -2.34. The van der Waals surface area contributed by atoms with E-state index < -0.39 is 0 Å². The molecule has 0 spiro atoms. The van der Waals surface area contributed by atoms with Gasteiger partial charge in [-0.1, -0.05) is 48.5 Å². The van der Waals surface area contributed by atoms with Crippen LogP contribution in [0.1, 0.15) is 10.4 Å². The fourth-order valence-corrected chi connectivity index (χ4v) is 2.94. The molecule has 0 saturated heterocycles. The summed E-state index contributed by atoms with van der Waals surface area (Å²) in [5.41, 5.74) is 2.46. The number of thiazole rings is 1. The molecule has 1 amide bonds. The quantitative estimate of drug-likeness (QED) is 0.710. The molecule has 0 aliphatic carbocycles. The minimum Gasteiger partial charge on any atom is -0.308 e. The van der Waals surface area contributed by atoms with Crippen molar-refractivity contribution >= 4 is 39.7 Å². The molecular weight excluding hydrogens is 326 g/mol. The van der Waals surface area contributed by atoms with Crippen LogP contribution < -0.4 is 10.6 Å². The molecule has 1 aromatic heterocycles. The van der Waals surface area contributed by atoms with E-state index in [-0.39, 0.29) is 11.0 Å². The van der Waals surface area contributed by atoms with Gasteiger partial charge in [-0.2, -0.15) is 0 Å². The zero-order chi connectivity index (χ0) is 16.1. The summed E-state index contributed by atoms with van der Waals surface area (Å²) in [6.07, 6.45) is 0. The first-order valence-electron chi connectivity index (χ1n) is 6.91. The zero-order valence-corrected chi connectivity index (χ0v) is 13.7.